The van der Waals surface area contributed by atoms with Crippen molar-refractivity contribution in [1.82, 2.24) is 30.3 Å². The molecule has 202 valence electrons. The number of amides is 3. The van der Waals surface area contributed by atoms with E-state index in [-0.39, 0.29) is 37.7 Å². The number of likely N-dealkylation sites (tertiary alicyclic amines) is 1. The van der Waals surface area contributed by atoms with Crippen molar-refractivity contribution in [1.29, 1.82) is 0 Å². The van der Waals surface area contributed by atoms with E-state index in [9.17, 15) is 18.8 Å². The molecule has 0 radical (unpaired) electrons. The number of carbonyl (C=O) groups excluding carboxylic acids is 3. The summed E-state index contributed by atoms with van der Waals surface area (Å²) in [5.74, 6) is -0.724. The molecule has 10 nitrogen and oxygen atoms in total. The monoisotopic (exact) mass is 580 g/mol. The molecule has 2 aromatic rings. The van der Waals surface area contributed by atoms with Crippen molar-refractivity contribution in [2.45, 2.75) is 75.9 Å². The van der Waals surface area contributed by atoms with Gasteiger partial charge in [0.15, 0.2) is 11.6 Å². The van der Waals surface area contributed by atoms with Crippen molar-refractivity contribution in [2.24, 2.45) is 0 Å². The lowest BCUT2D eigenvalue weighted by molar-refractivity contribution is -0.136. The molecule has 1 aliphatic heterocycles. The Labute approximate surface area is 224 Å². The second-order valence-electron chi connectivity index (χ2n) is 10.7. The van der Waals surface area contributed by atoms with Crippen LogP contribution in [-0.4, -0.2) is 66.1 Å². The third-order valence-electron chi connectivity index (χ3n) is 6.00. The van der Waals surface area contributed by atoms with Gasteiger partial charge in [-0.25, -0.2) is 18.9 Å². The van der Waals surface area contributed by atoms with Gasteiger partial charge < -0.3 is 20.3 Å². The third kappa shape index (κ3) is 7.27. The van der Waals surface area contributed by atoms with E-state index in [1.54, 1.807) is 57.8 Å². The maximum atomic E-state index is 13.6. The molecular formula is C25H34BrFN6O4. The van der Waals surface area contributed by atoms with E-state index in [0.717, 1.165) is 11.8 Å². The number of pyridine rings is 1. The number of hydrogen-bond donors (Lipinski definition) is 2. The summed E-state index contributed by atoms with van der Waals surface area (Å²) in [5.41, 5.74) is -1.13. The SMILES string of the molecule is CC(NC(=O)C1(NC(=O)C(C)(C)Br)CCN(C(=O)OC(C)(C)C)CC1)c1ccc(-n2cc(F)cn2)nc1. The molecule has 0 saturated carbocycles. The van der Waals surface area contributed by atoms with Crippen molar-refractivity contribution in [3.8, 4) is 5.82 Å². The molecule has 3 heterocycles. The summed E-state index contributed by atoms with van der Waals surface area (Å²) in [6.07, 6.45) is 3.88. The quantitative estimate of drug-likeness (QED) is 0.503. The van der Waals surface area contributed by atoms with Crippen LogP contribution in [0.5, 0.6) is 0 Å². The molecule has 0 aromatic carbocycles. The summed E-state index contributed by atoms with van der Waals surface area (Å²) in [4.78, 5) is 44.9. The van der Waals surface area contributed by atoms with E-state index in [1.807, 2.05) is 6.92 Å². The highest BCUT2D eigenvalue weighted by Gasteiger charge is 2.46. The van der Waals surface area contributed by atoms with Crippen molar-refractivity contribution < 1.29 is 23.5 Å². The highest BCUT2D eigenvalue weighted by molar-refractivity contribution is 9.10. The third-order valence-corrected chi connectivity index (χ3v) is 6.36. The van der Waals surface area contributed by atoms with Gasteiger partial charge in [-0.3, -0.25) is 9.59 Å². The lowest BCUT2D eigenvalue weighted by Crippen LogP contribution is -2.65. The summed E-state index contributed by atoms with van der Waals surface area (Å²) in [6.45, 7) is 11.1. The molecule has 1 fully saturated rings. The Morgan fingerprint density at radius 2 is 1.78 bits per heavy atom. The lowest BCUT2D eigenvalue weighted by Gasteiger charge is -2.42. The van der Waals surface area contributed by atoms with E-state index in [2.05, 4.69) is 36.6 Å². The van der Waals surface area contributed by atoms with Crippen LogP contribution in [0.1, 0.15) is 66.0 Å². The number of halogens is 2. The highest BCUT2D eigenvalue weighted by Crippen LogP contribution is 2.28. The van der Waals surface area contributed by atoms with Crippen LogP contribution in [0.25, 0.3) is 5.82 Å². The predicted molar refractivity (Wildman–Crippen MR) is 139 cm³/mol. The molecule has 1 saturated heterocycles. The molecule has 0 bridgehead atoms. The fraction of sp³-hybridized carbons (Fsp3) is 0.560. The Morgan fingerprint density at radius 1 is 1.14 bits per heavy atom. The van der Waals surface area contributed by atoms with Crippen LogP contribution < -0.4 is 10.6 Å². The average molecular weight is 581 g/mol. The maximum absolute atomic E-state index is 13.6. The largest absolute Gasteiger partial charge is 0.444 e. The van der Waals surface area contributed by atoms with Gasteiger partial charge in [-0.2, -0.15) is 5.10 Å². The molecule has 0 spiro atoms. The molecule has 0 aliphatic carbocycles. The number of nitrogens with one attached hydrogen (secondary N) is 2. The van der Waals surface area contributed by atoms with Gasteiger partial charge >= 0.3 is 6.09 Å². The van der Waals surface area contributed by atoms with Crippen LogP contribution in [0.4, 0.5) is 9.18 Å². The highest BCUT2D eigenvalue weighted by atomic mass is 79.9. The van der Waals surface area contributed by atoms with Crippen LogP contribution in [0.2, 0.25) is 0 Å². The molecule has 2 N–H and O–H groups in total. The Kier molecular flexibility index (Phi) is 8.31. The molecule has 2 aromatic heterocycles. The summed E-state index contributed by atoms with van der Waals surface area (Å²) in [6, 6.07) is 3.01. The van der Waals surface area contributed by atoms with E-state index in [0.29, 0.717) is 5.82 Å². The van der Waals surface area contributed by atoms with E-state index in [4.69, 9.17) is 4.74 Å². The van der Waals surface area contributed by atoms with Crippen molar-refractivity contribution in [2.75, 3.05) is 13.1 Å². The predicted octanol–water partition coefficient (Wildman–Crippen LogP) is 3.64. The van der Waals surface area contributed by atoms with Gasteiger partial charge in [-0.1, -0.05) is 22.0 Å². The van der Waals surface area contributed by atoms with Gasteiger partial charge in [-0.05, 0) is 66.0 Å². The topological polar surface area (TPSA) is 118 Å². The number of piperidine rings is 1. The maximum Gasteiger partial charge on any atom is 0.410 e. The summed E-state index contributed by atoms with van der Waals surface area (Å²) in [5, 5.41) is 9.81. The van der Waals surface area contributed by atoms with Crippen LogP contribution in [0.3, 0.4) is 0 Å². The zero-order valence-electron chi connectivity index (χ0n) is 22.0. The summed E-state index contributed by atoms with van der Waals surface area (Å²) < 4.78 is 19.1. The number of aromatic nitrogens is 3. The van der Waals surface area contributed by atoms with Crippen LogP contribution in [0.15, 0.2) is 30.7 Å². The van der Waals surface area contributed by atoms with Crippen molar-refractivity contribution >= 4 is 33.8 Å². The Balaban J connectivity index is 1.74. The van der Waals surface area contributed by atoms with Crippen LogP contribution in [0, 0.1) is 5.82 Å². The molecule has 1 aliphatic rings. The first-order chi connectivity index (χ1) is 17.1. The number of carbonyl (C=O) groups is 3. The number of rotatable bonds is 6. The second-order valence-corrected chi connectivity index (χ2v) is 12.7. The Morgan fingerprint density at radius 3 is 2.27 bits per heavy atom. The number of hydrogen-bond acceptors (Lipinski definition) is 6. The van der Waals surface area contributed by atoms with Gasteiger partial charge in [0.25, 0.3) is 0 Å². The number of alkyl halides is 1. The average Bonchev–Trinajstić information content (AvgIpc) is 3.24. The van der Waals surface area contributed by atoms with Gasteiger partial charge in [0, 0.05) is 19.3 Å². The molecular weight excluding hydrogens is 547 g/mol. The molecule has 1 unspecified atom stereocenters. The Bertz CT molecular complexity index is 1130. The standard InChI is InChI=1S/C25H34BrFN6O4/c1-16(17-7-8-19(28-13-17)33-15-18(27)14-29-33)30-21(35)25(31-20(34)24(5,6)26)9-11-32(12-10-25)22(36)37-23(2,3)4/h7-8,13-16H,9-12H2,1-6H3,(H,30,35)(H,31,34). The second kappa shape index (κ2) is 10.8. The normalized spacial score (nSPS) is 16.6. The first-order valence-electron chi connectivity index (χ1n) is 12.1. The minimum atomic E-state index is -1.21. The smallest absolute Gasteiger partial charge is 0.410 e. The Hall–Kier alpha value is -3.02. The minimum absolute atomic E-state index is 0.224. The van der Waals surface area contributed by atoms with Crippen molar-refractivity contribution in [3.63, 3.8) is 0 Å². The summed E-state index contributed by atoms with van der Waals surface area (Å²) >= 11 is 3.36. The molecule has 3 amide bonds. The van der Waals surface area contributed by atoms with E-state index in [1.165, 1.54) is 10.9 Å². The number of ether oxygens (including phenoxy) is 1. The first-order valence-corrected chi connectivity index (χ1v) is 12.9. The lowest BCUT2D eigenvalue weighted by atomic mass is 9.85. The molecule has 3 rings (SSSR count). The zero-order valence-corrected chi connectivity index (χ0v) is 23.6. The van der Waals surface area contributed by atoms with Crippen LogP contribution in [-0.2, 0) is 14.3 Å². The van der Waals surface area contributed by atoms with Gasteiger partial charge in [0.2, 0.25) is 11.8 Å². The first kappa shape index (κ1) is 28.5. The van der Waals surface area contributed by atoms with Gasteiger partial charge in [0.05, 0.1) is 22.8 Å². The van der Waals surface area contributed by atoms with E-state index < -0.39 is 33.4 Å². The fourth-order valence-electron chi connectivity index (χ4n) is 3.81. The zero-order chi connectivity index (χ0) is 27.6. The van der Waals surface area contributed by atoms with E-state index >= 15 is 0 Å². The summed E-state index contributed by atoms with van der Waals surface area (Å²) in [7, 11) is 0. The molecule has 37 heavy (non-hydrogen) atoms. The van der Waals surface area contributed by atoms with Crippen molar-refractivity contribution in [3.05, 3.63) is 42.1 Å². The molecule has 12 heteroatoms. The van der Waals surface area contributed by atoms with Gasteiger partial charge in [0.1, 0.15) is 11.1 Å². The number of nitrogens with zero attached hydrogens (tertiary/aromatic N) is 4. The van der Waals surface area contributed by atoms with Crippen LogP contribution >= 0.6 is 15.9 Å². The molecule has 1 atom stereocenters. The minimum Gasteiger partial charge on any atom is -0.444 e. The van der Waals surface area contributed by atoms with Gasteiger partial charge in [-0.15, -0.1) is 0 Å². The fourth-order valence-corrected chi connectivity index (χ4v) is 3.90.